The Bertz CT molecular complexity index is 500. The van der Waals surface area contributed by atoms with E-state index in [0.29, 0.717) is 16.7 Å². The maximum Gasteiger partial charge on any atom is 0.413 e. The van der Waals surface area contributed by atoms with Gasteiger partial charge in [-0.3, -0.25) is 10.3 Å². The summed E-state index contributed by atoms with van der Waals surface area (Å²) in [6.07, 6.45) is 2.85. The third-order valence-electron chi connectivity index (χ3n) is 1.82. The van der Waals surface area contributed by atoms with Crippen LogP contribution in [0.4, 0.5) is 9.93 Å². The van der Waals surface area contributed by atoms with Crippen LogP contribution in [0.25, 0.3) is 10.6 Å². The van der Waals surface area contributed by atoms with Gasteiger partial charge in [0.15, 0.2) is 5.01 Å². The number of ether oxygens (including phenoxy) is 1. The van der Waals surface area contributed by atoms with E-state index in [-0.39, 0.29) is 0 Å². The topological polar surface area (TPSA) is 77.0 Å². The number of aromatic nitrogens is 3. The smallest absolute Gasteiger partial charge is 0.413 e. The monoisotopic (exact) mass is 250 g/mol. The number of amides is 1. The SMILES string of the molecule is CCOC(=O)Nc1nnc(-c2cccnc2)s1. The molecule has 0 atom stereocenters. The first-order valence-electron chi connectivity index (χ1n) is 4.97. The zero-order chi connectivity index (χ0) is 12.1. The molecule has 0 radical (unpaired) electrons. The van der Waals surface area contributed by atoms with Crippen molar-refractivity contribution in [2.45, 2.75) is 6.92 Å². The Morgan fingerprint density at radius 2 is 2.41 bits per heavy atom. The molecule has 2 aromatic rings. The van der Waals surface area contributed by atoms with E-state index in [1.165, 1.54) is 11.3 Å². The minimum absolute atomic E-state index is 0.320. The Labute approximate surface area is 102 Å². The van der Waals surface area contributed by atoms with Gasteiger partial charge in [-0.2, -0.15) is 0 Å². The van der Waals surface area contributed by atoms with Crippen LogP contribution in [-0.4, -0.2) is 27.9 Å². The fraction of sp³-hybridized carbons (Fsp3) is 0.200. The van der Waals surface area contributed by atoms with Gasteiger partial charge in [0.1, 0.15) is 0 Å². The Balaban J connectivity index is 2.09. The van der Waals surface area contributed by atoms with Crippen LogP contribution in [0.1, 0.15) is 6.92 Å². The van der Waals surface area contributed by atoms with Gasteiger partial charge < -0.3 is 4.74 Å². The third kappa shape index (κ3) is 2.97. The second kappa shape index (κ2) is 5.35. The normalized spacial score (nSPS) is 9.94. The van der Waals surface area contributed by atoms with Gasteiger partial charge in [0.25, 0.3) is 0 Å². The molecule has 0 saturated heterocycles. The van der Waals surface area contributed by atoms with Crippen molar-refractivity contribution < 1.29 is 9.53 Å². The number of carbonyl (C=O) groups excluding carboxylic acids is 1. The van der Waals surface area contributed by atoms with E-state index in [9.17, 15) is 4.79 Å². The van der Waals surface area contributed by atoms with E-state index < -0.39 is 6.09 Å². The Morgan fingerprint density at radius 1 is 1.53 bits per heavy atom. The van der Waals surface area contributed by atoms with Crippen LogP contribution in [-0.2, 0) is 4.74 Å². The second-order valence-corrected chi connectivity index (χ2v) is 3.98. The molecule has 1 amide bonds. The van der Waals surface area contributed by atoms with Crippen molar-refractivity contribution in [3.8, 4) is 10.6 Å². The van der Waals surface area contributed by atoms with Crippen molar-refractivity contribution in [2.75, 3.05) is 11.9 Å². The number of carbonyl (C=O) groups is 1. The quantitative estimate of drug-likeness (QED) is 0.903. The molecule has 0 saturated carbocycles. The first-order valence-corrected chi connectivity index (χ1v) is 5.79. The molecule has 2 aromatic heterocycles. The summed E-state index contributed by atoms with van der Waals surface area (Å²) in [6.45, 7) is 2.06. The van der Waals surface area contributed by atoms with Gasteiger partial charge in [-0.15, -0.1) is 10.2 Å². The van der Waals surface area contributed by atoms with E-state index in [1.54, 1.807) is 19.3 Å². The minimum Gasteiger partial charge on any atom is -0.450 e. The van der Waals surface area contributed by atoms with Gasteiger partial charge in [0, 0.05) is 18.0 Å². The molecular formula is C10H10N4O2S. The summed E-state index contributed by atoms with van der Waals surface area (Å²) in [7, 11) is 0. The lowest BCUT2D eigenvalue weighted by Gasteiger charge is -1.99. The van der Waals surface area contributed by atoms with Crippen LogP contribution in [0.2, 0.25) is 0 Å². The van der Waals surface area contributed by atoms with E-state index in [2.05, 4.69) is 20.5 Å². The number of pyridine rings is 1. The van der Waals surface area contributed by atoms with Crippen molar-refractivity contribution in [1.82, 2.24) is 15.2 Å². The number of rotatable bonds is 3. The lowest BCUT2D eigenvalue weighted by Crippen LogP contribution is -2.12. The predicted molar refractivity (Wildman–Crippen MR) is 63.8 cm³/mol. The molecule has 0 fully saturated rings. The van der Waals surface area contributed by atoms with E-state index >= 15 is 0 Å². The number of nitrogens with one attached hydrogen (secondary N) is 1. The molecule has 2 rings (SSSR count). The van der Waals surface area contributed by atoms with Gasteiger partial charge in [-0.25, -0.2) is 4.79 Å². The van der Waals surface area contributed by atoms with Crippen LogP contribution in [0, 0.1) is 0 Å². The molecule has 0 aromatic carbocycles. The zero-order valence-corrected chi connectivity index (χ0v) is 9.90. The molecule has 0 aliphatic heterocycles. The van der Waals surface area contributed by atoms with E-state index in [1.807, 2.05) is 12.1 Å². The van der Waals surface area contributed by atoms with Crippen LogP contribution < -0.4 is 5.32 Å². The molecular weight excluding hydrogens is 240 g/mol. The number of hydrogen-bond donors (Lipinski definition) is 1. The van der Waals surface area contributed by atoms with Gasteiger partial charge in [0.2, 0.25) is 5.13 Å². The summed E-state index contributed by atoms with van der Waals surface area (Å²) in [4.78, 5) is 15.1. The Hall–Kier alpha value is -2.02. The van der Waals surface area contributed by atoms with Crippen LogP contribution in [0.15, 0.2) is 24.5 Å². The van der Waals surface area contributed by atoms with Gasteiger partial charge in [0.05, 0.1) is 6.61 Å². The Morgan fingerprint density at radius 3 is 3.12 bits per heavy atom. The number of hydrogen-bond acceptors (Lipinski definition) is 6. The summed E-state index contributed by atoms with van der Waals surface area (Å²) < 4.78 is 4.74. The highest BCUT2D eigenvalue weighted by Crippen LogP contribution is 2.25. The van der Waals surface area contributed by atoms with Crippen LogP contribution in [0.3, 0.4) is 0 Å². The van der Waals surface area contributed by atoms with Gasteiger partial charge >= 0.3 is 6.09 Å². The maximum atomic E-state index is 11.2. The largest absolute Gasteiger partial charge is 0.450 e. The highest BCUT2D eigenvalue weighted by Gasteiger charge is 2.09. The standard InChI is InChI=1S/C10H10N4O2S/c1-2-16-10(15)12-9-14-13-8(17-9)7-4-3-5-11-6-7/h3-6H,2H2,1H3,(H,12,14,15). The maximum absolute atomic E-state index is 11.2. The summed E-state index contributed by atoms with van der Waals surface area (Å²) in [5.41, 5.74) is 0.863. The molecule has 2 heterocycles. The lowest BCUT2D eigenvalue weighted by molar-refractivity contribution is 0.168. The zero-order valence-electron chi connectivity index (χ0n) is 9.08. The van der Waals surface area contributed by atoms with Crippen molar-refractivity contribution >= 4 is 22.6 Å². The molecule has 0 bridgehead atoms. The first-order chi connectivity index (χ1) is 8.29. The summed E-state index contributed by atoms with van der Waals surface area (Å²) in [5.74, 6) is 0. The van der Waals surface area contributed by atoms with Crippen LogP contribution >= 0.6 is 11.3 Å². The Kier molecular flexibility index (Phi) is 3.61. The molecule has 0 spiro atoms. The number of anilines is 1. The van der Waals surface area contributed by atoms with Crippen molar-refractivity contribution in [3.05, 3.63) is 24.5 Å². The van der Waals surface area contributed by atoms with Crippen LogP contribution in [0.5, 0.6) is 0 Å². The van der Waals surface area contributed by atoms with E-state index in [4.69, 9.17) is 4.74 Å². The van der Waals surface area contributed by atoms with Crippen molar-refractivity contribution in [2.24, 2.45) is 0 Å². The van der Waals surface area contributed by atoms with Gasteiger partial charge in [-0.05, 0) is 19.1 Å². The molecule has 1 N–H and O–H groups in total. The highest BCUT2D eigenvalue weighted by molar-refractivity contribution is 7.18. The highest BCUT2D eigenvalue weighted by atomic mass is 32.1. The minimum atomic E-state index is -0.526. The summed E-state index contributed by atoms with van der Waals surface area (Å²) in [6, 6.07) is 3.69. The first kappa shape index (κ1) is 11.5. The average molecular weight is 250 g/mol. The summed E-state index contributed by atoms with van der Waals surface area (Å²) in [5, 5.41) is 11.4. The predicted octanol–water partition coefficient (Wildman–Crippen LogP) is 2.17. The van der Waals surface area contributed by atoms with Crippen molar-refractivity contribution in [1.29, 1.82) is 0 Å². The molecule has 0 aliphatic rings. The molecule has 17 heavy (non-hydrogen) atoms. The second-order valence-electron chi connectivity index (χ2n) is 3.00. The average Bonchev–Trinajstić information content (AvgIpc) is 2.79. The molecule has 88 valence electrons. The molecule has 0 aliphatic carbocycles. The fourth-order valence-corrected chi connectivity index (χ4v) is 1.85. The number of nitrogens with zero attached hydrogens (tertiary/aromatic N) is 3. The van der Waals surface area contributed by atoms with Crippen molar-refractivity contribution in [3.63, 3.8) is 0 Å². The lowest BCUT2D eigenvalue weighted by atomic mass is 10.3. The molecule has 6 nitrogen and oxygen atoms in total. The fourth-order valence-electron chi connectivity index (χ4n) is 1.13. The molecule has 0 unspecified atom stereocenters. The molecule has 7 heteroatoms. The van der Waals surface area contributed by atoms with E-state index in [0.717, 1.165) is 5.56 Å². The summed E-state index contributed by atoms with van der Waals surface area (Å²) >= 11 is 1.27. The third-order valence-corrected chi connectivity index (χ3v) is 2.71. The van der Waals surface area contributed by atoms with Gasteiger partial charge in [-0.1, -0.05) is 11.3 Å².